The predicted molar refractivity (Wildman–Crippen MR) is 100 cm³/mol. The van der Waals surface area contributed by atoms with Crippen molar-refractivity contribution in [2.75, 3.05) is 25.1 Å². The van der Waals surface area contributed by atoms with Gasteiger partial charge in [-0.05, 0) is 38.0 Å². The average Bonchev–Trinajstić information content (AvgIpc) is 3.13. The fraction of sp³-hybridized carbons (Fsp3) is 0.421. The number of nitrogens with zero attached hydrogens (tertiary/aromatic N) is 3. The monoisotopic (exact) mass is 391 g/mol. The van der Waals surface area contributed by atoms with Gasteiger partial charge < -0.3 is 20.7 Å². The Kier molecular flexibility index (Phi) is 5.73. The van der Waals surface area contributed by atoms with E-state index in [9.17, 15) is 13.6 Å². The molecule has 1 aromatic heterocycles. The van der Waals surface area contributed by atoms with Gasteiger partial charge in [0.15, 0.2) is 11.6 Å². The molecule has 1 saturated heterocycles. The van der Waals surface area contributed by atoms with Gasteiger partial charge in [-0.25, -0.2) is 14.4 Å². The molecular weight excluding hydrogens is 368 g/mol. The number of nitrogens with one attached hydrogen (secondary N) is 1. The fourth-order valence-corrected chi connectivity index (χ4v) is 3.28. The lowest BCUT2D eigenvalue weighted by molar-refractivity contribution is 0.0990. The maximum atomic E-state index is 13.7. The van der Waals surface area contributed by atoms with Crippen LogP contribution < -0.4 is 20.7 Å². The molecule has 0 radical (unpaired) electrons. The predicted octanol–water partition coefficient (Wildman–Crippen LogP) is 1.85. The normalized spacial score (nSPS) is 16.5. The van der Waals surface area contributed by atoms with Gasteiger partial charge in [-0.1, -0.05) is 0 Å². The van der Waals surface area contributed by atoms with E-state index >= 15 is 0 Å². The number of rotatable bonds is 6. The third-order valence-corrected chi connectivity index (χ3v) is 4.94. The Labute approximate surface area is 161 Å². The van der Waals surface area contributed by atoms with Gasteiger partial charge in [-0.15, -0.1) is 0 Å². The van der Waals surface area contributed by atoms with Crippen molar-refractivity contribution in [3.63, 3.8) is 0 Å². The first kappa shape index (κ1) is 19.9. The number of hydrogen-bond acceptors (Lipinski definition) is 6. The highest BCUT2D eigenvalue weighted by molar-refractivity contribution is 5.89. The molecular formula is C19H23F2N5O2. The minimum absolute atomic E-state index is 0.00314. The second-order valence-corrected chi connectivity index (χ2v) is 6.85. The molecule has 1 aromatic carbocycles. The van der Waals surface area contributed by atoms with Gasteiger partial charge in [-0.3, -0.25) is 4.79 Å². The summed E-state index contributed by atoms with van der Waals surface area (Å²) in [5.74, 6) is -2.00. The van der Waals surface area contributed by atoms with Crippen molar-refractivity contribution in [2.24, 2.45) is 5.73 Å². The van der Waals surface area contributed by atoms with Gasteiger partial charge in [-0.2, -0.15) is 4.39 Å². The summed E-state index contributed by atoms with van der Waals surface area (Å²) in [4.78, 5) is 22.0. The van der Waals surface area contributed by atoms with Crippen LogP contribution in [0.15, 0.2) is 12.1 Å². The van der Waals surface area contributed by atoms with Crippen LogP contribution in [0.4, 0.5) is 14.6 Å². The number of ether oxygens (including phenoxy) is 1. The van der Waals surface area contributed by atoms with Crippen molar-refractivity contribution in [1.82, 2.24) is 15.3 Å². The summed E-state index contributed by atoms with van der Waals surface area (Å²) in [7, 11) is 1.30. The smallest absolute Gasteiger partial charge is 0.286 e. The molecule has 2 heterocycles. The molecule has 0 spiro atoms. The molecule has 28 heavy (non-hydrogen) atoms. The van der Waals surface area contributed by atoms with Crippen LogP contribution in [0.3, 0.4) is 0 Å². The molecule has 0 unspecified atom stereocenters. The SMILES string of the molecule is COc1cc(CN[C@@H]2CCN(c3nc(C(N)=O)nc(C)c3C)C2)cc(F)c1F. The zero-order valence-corrected chi connectivity index (χ0v) is 16.1. The van der Waals surface area contributed by atoms with Crippen molar-refractivity contribution in [1.29, 1.82) is 0 Å². The third kappa shape index (κ3) is 4.04. The molecule has 1 fully saturated rings. The second-order valence-electron chi connectivity index (χ2n) is 6.85. The minimum atomic E-state index is -0.988. The van der Waals surface area contributed by atoms with Crippen LogP contribution in [0.25, 0.3) is 0 Å². The van der Waals surface area contributed by atoms with E-state index in [0.29, 0.717) is 30.2 Å². The molecule has 150 valence electrons. The van der Waals surface area contributed by atoms with Crippen molar-refractivity contribution < 1.29 is 18.3 Å². The number of nitrogens with two attached hydrogens (primary N) is 1. The topological polar surface area (TPSA) is 93.4 Å². The van der Waals surface area contributed by atoms with Gasteiger partial charge in [0.25, 0.3) is 5.91 Å². The number of aromatic nitrogens is 2. The van der Waals surface area contributed by atoms with E-state index in [1.54, 1.807) is 0 Å². The Morgan fingerprint density at radius 3 is 2.79 bits per heavy atom. The summed E-state index contributed by atoms with van der Waals surface area (Å²) in [6.45, 7) is 5.50. The maximum Gasteiger partial charge on any atom is 0.286 e. The van der Waals surface area contributed by atoms with Crippen LogP contribution in [-0.2, 0) is 6.54 Å². The van der Waals surface area contributed by atoms with E-state index in [2.05, 4.69) is 20.2 Å². The fourth-order valence-electron chi connectivity index (χ4n) is 3.28. The number of aryl methyl sites for hydroxylation is 1. The van der Waals surface area contributed by atoms with Crippen molar-refractivity contribution in [3.8, 4) is 5.75 Å². The number of halogens is 2. The summed E-state index contributed by atoms with van der Waals surface area (Å²) < 4.78 is 32.1. The molecule has 0 saturated carbocycles. The maximum absolute atomic E-state index is 13.7. The Morgan fingerprint density at radius 2 is 2.11 bits per heavy atom. The number of carbonyl (C=O) groups excluding carboxylic acids is 1. The van der Waals surface area contributed by atoms with Gasteiger partial charge in [0.05, 0.1) is 7.11 Å². The van der Waals surface area contributed by atoms with Crippen LogP contribution in [0.2, 0.25) is 0 Å². The summed E-state index contributed by atoms with van der Waals surface area (Å²) in [5.41, 5.74) is 7.53. The Morgan fingerprint density at radius 1 is 1.36 bits per heavy atom. The molecule has 7 nitrogen and oxygen atoms in total. The Balaban J connectivity index is 1.68. The zero-order chi connectivity index (χ0) is 20.4. The van der Waals surface area contributed by atoms with Crippen molar-refractivity contribution in [2.45, 2.75) is 32.9 Å². The van der Waals surface area contributed by atoms with E-state index in [0.717, 1.165) is 24.6 Å². The summed E-state index contributed by atoms with van der Waals surface area (Å²) in [6.07, 6.45) is 0.842. The number of primary amides is 1. The van der Waals surface area contributed by atoms with Gasteiger partial charge in [0.1, 0.15) is 5.82 Å². The summed E-state index contributed by atoms with van der Waals surface area (Å²) in [6, 6.07) is 2.77. The molecule has 9 heteroatoms. The molecule has 1 atom stereocenters. The molecule has 1 amide bonds. The minimum Gasteiger partial charge on any atom is -0.494 e. The van der Waals surface area contributed by atoms with Crippen molar-refractivity contribution >= 4 is 11.7 Å². The third-order valence-electron chi connectivity index (χ3n) is 4.94. The first-order valence-corrected chi connectivity index (χ1v) is 8.95. The van der Waals surface area contributed by atoms with Crippen molar-refractivity contribution in [3.05, 3.63) is 46.4 Å². The summed E-state index contributed by atoms with van der Waals surface area (Å²) in [5, 5.41) is 3.35. The number of benzene rings is 1. The number of amides is 1. The molecule has 0 bridgehead atoms. The first-order chi connectivity index (χ1) is 13.3. The molecule has 3 rings (SSSR count). The highest BCUT2D eigenvalue weighted by Gasteiger charge is 2.26. The molecule has 1 aliphatic rings. The lowest BCUT2D eigenvalue weighted by Crippen LogP contribution is -2.33. The number of hydrogen-bond donors (Lipinski definition) is 2. The first-order valence-electron chi connectivity index (χ1n) is 8.95. The van der Waals surface area contributed by atoms with E-state index in [1.807, 2.05) is 13.8 Å². The second kappa shape index (κ2) is 8.05. The number of carbonyl (C=O) groups is 1. The zero-order valence-electron chi connectivity index (χ0n) is 16.1. The van der Waals surface area contributed by atoms with Crippen LogP contribution in [0.5, 0.6) is 5.75 Å². The Bertz CT molecular complexity index is 906. The molecule has 2 aromatic rings. The van der Waals surface area contributed by atoms with Crippen LogP contribution in [-0.4, -0.2) is 42.1 Å². The van der Waals surface area contributed by atoms with Crippen LogP contribution in [0.1, 0.15) is 33.9 Å². The Hall–Kier alpha value is -2.81. The lowest BCUT2D eigenvalue weighted by atomic mass is 10.1. The summed E-state index contributed by atoms with van der Waals surface area (Å²) >= 11 is 0. The van der Waals surface area contributed by atoms with Crippen LogP contribution >= 0.6 is 0 Å². The number of anilines is 1. The van der Waals surface area contributed by atoms with E-state index in [-0.39, 0.29) is 17.6 Å². The van der Waals surface area contributed by atoms with Gasteiger partial charge in [0.2, 0.25) is 11.6 Å². The van der Waals surface area contributed by atoms with Gasteiger partial charge in [0, 0.05) is 36.9 Å². The molecule has 1 aliphatic heterocycles. The standard InChI is InChI=1S/C19H23F2N5O2/c1-10-11(2)24-18(17(22)27)25-19(10)26-5-4-13(9-26)23-8-12-6-14(20)16(21)15(7-12)28-3/h6-7,13,23H,4-5,8-9H2,1-3H3,(H2,22,27)/t13-/m1/s1. The molecule has 0 aliphatic carbocycles. The number of methoxy groups -OCH3 is 1. The lowest BCUT2D eigenvalue weighted by Gasteiger charge is -2.21. The van der Waals surface area contributed by atoms with E-state index in [1.165, 1.54) is 13.2 Å². The van der Waals surface area contributed by atoms with Gasteiger partial charge >= 0.3 is 0 Å². The largest absolute Gasteiger partial charge is 0.494 e. The highest BCUT2D eigenvalue weighted by Crippen LogP contribution is 2.25. The van der Waals surface area contributed by atoms with Crippen LogP contribution in [0, 0.1) is 25.5 Å². The van der Waals surface area contributed by atoms with E-state index in [4.69, 9.17) is 10.5 Å². The molecule has 3 N–H and O–H groups in total. The van der Waals surface area contributed by atoms with E-state index < -0.39 is 17.5 Å². The quantitative estimate of drug-likeness (QED) is 0.781. The highest BCUT2D eigenvalue weighted by atomic mass is 19.2. The average molecular weight is 391 g/mol.